The number of rotatable bonds is 2. The Kier molecular flexibility index (Phi) is 2.47. The number of nitrogens with two attached hydrogens (primary N) is 1. The van der Waals surface area contributed by atoms with E-state index in [1.807, 2.05) is 6.07 Å². The Morgan fingerprint density at radius 1 is 1.67 bits per heavy atom. The Balaban J connectivity index is 2.40. The van der Waals surface area contributed by atoms with Gasteiger partial charge in [0.1, 0.15) is 0 Å². The minimum absolute atomic E-state index is 0.152. The number of carbonyl (C=O) groups excluding carboxylic acids is 1. The number of amides is 1. The average Bonchev–Trinajstić information content (AvgIpc) is 2.17. The molecule has 1 atom stereocenters. The summed E-state index contributed by atoms with van der Waals surface area (Å²) in [6.07, 6.45) is 5.38. The number of nitrogens with zero attached hydrogens (tertiary/aromatic N) is 1. The van der Waals surface area contributed by atoms with Crippen molar-refractivity contribution in [2.75, 3.05) is 0 Å². The number of pyridine rings is 1. The van der Waals surface area contributed by atoms with Gasteiger partial charge in [-0.15, -0.1) is 0 Å². The largest absolute Gasteiger partial charge is 0.370 e. The van der Waals surface area contributed by atoms with Crippen LogP contribution in [0.4, 0.5) is 0 Å². The fraction of sp³-hybridized carbons (Fsp3) is 0.500. The molecule has 1 aromatic rings. The summed E-state index contributed by atoms with van der Waals surface area (Å²) in [7, 11) is 0. The Morgan fingerprint density at radius 2 is 2.47 bits per heavy atom. The van der Waals surface area contributed by atoms with Gasteiger partial charge in [0, 0.05) is 23.7 Å². The molecule has 2 N–H and O–H groups in total. The lowest BCUT2D eigenvalue weighted by Crippen LogP contribution is -2.33. The molecular weight excluding hydrogens is 188 g/mol. The zero-order chi connectivity index (χ0) is 10.9. The Morgan fingerprint density at radius 3 is 3.20 bits per heavy atom. The predicted molar refractivity (Wildman–Crippen MR) is 58.3 cm³/mol. The molecule has 0 spiro atoms. The van der Waals surface area contributed by atoms with Crippen LogP contribution in [0.5, 0.6) is 0 Å². The van der Waals surface area contributed by atoms with Crippen LogP contribution in [-0.2, 0) is 16.6 Å². The van der Waals surface area contributed by atoms with E-state index in [-0.39, 0.29) is 11.3 Å². The molecule has 1 amide bonds. The zero-order valence-corrected chi connectivity index (χ0v) is 8.99. The lowest BCUT2D eigenvalue weighted by atomic mass is 9.72. The number of aryl methyl sites for hydroxylation is 1. The lowest BCUT2D eigenvalue weighted by Gasteiger charge is -2.33. The smallest absolute Gasteiger partial charge is 0.218 e. The van der Waals surface area contributed by atoms with Gasteiger partial charge < -0.3 is 5.73 Å². The molecule has 1 aliphatic carbocycles. The average molecular weight is 204 g/mol. The van der Waals surface area contributed by atoms with E-state index < -0.39 is 0 Å². The van der Waals surface area contributed by atoms with E-state index in [1.165, 1.54) is 5.56 Å². The van der Waals surface area contributed by atoms with Crippen molar-refractivity contribution in [3.8, 4) is 0 Å². The maximum atomic E-state index is 11.1. The molecule has 0 saturated carbocycles. The first-order chi connectivity index (χ1) is 7.12. The van der Waals surface area contributed by atoms with Crippen molar-refractivity contribution in [3.63, 3.8) is 0 Å². The first-order valence-corrected chi connectivity index (χ1v) is 5.34. The van der Waals surface area contributed by atoms with Crippen molar-refractivity contribution >= 4 is 5.91 Å². The van der Waals surface area contributed by atoms with Crippen molar-refractivity contribution in [1.29, 1.82) is 0 Å². The van der Waals surface area contributed by atoms with Crippen molar-refractivity contribution in [3.05, 3.63) is 29.6 Å². The standard InChI is InChI=1S/C12H16N2O/c1-12(8-10(13)15)6-2-4-9-5-3-7-14-11(9)12/h3,5,7H,2,4,6,8H2,1H3,(H2,13,15). The minimum atomic E-state index is -0.240. The number of aromatic nitrogens is 1. The van der Waals surface area contributed by atoms with Gasteiger partial charge >= 0.3 is 0 Å². The van der Waals surface area contributed by atoms with E-state index in [9.17, 15) is 4.79 Å². The fourth-order valence-electron chi connectivity index (χ4n) is 2.53. The quantitative estimate of drug-likeness (QED) is 0.794. The van der Waals surface area contributed by atoms with Gasteiger partial charge in [0.25, 0.3) is 0 Å². The third-order valence-corrected chi connectivity index (χ3v) is 3.20. The van der Waals surface area contributed by atoms with Crippen molar-refractivity contribution in [2.24, 2.45) is 5.73 Å². The monoisotopic (exact) mass is 204 g/mol. The van der Waals surface area contributed by atoms with Crippen molar-refractivity contribution in [1.82, 2.24) is 4.98 Å². The van der Waals surface area contributed by atoms with E-state index in [0.717, 1.165) is 25.0 Å². The van der Waals surface area contributed by atoms with E-state index in [2.05, 4.69) is 18.0 Å². The van der Waals surface area contributed by atoms with Gasteiger partial charge in [0.15, 0.2) is 0 Å². The van der Waals surface area contributed by atoms with Crippen LogP contribution in [0.15, 0.2) is 18.3 Å². The molecule has 3 nitrogen and oxygen atoms in total. The molecule has 0 saturated heterocycles. The van der Waals surface area contributed by atoms with Crippen molar-refractivity contribution < 1.29 is 4.79 Å². The van der Waals surface area contributed by atoms with Gasteiger partial charge in [-0.25, -0.2) is 0 Å². The second-order valence-corrected chi connectivity index (χ2v) is 4.57. The molecule has 1 unspecified atom stereocenters. The van der Waals surface area contributed by atoms with Crippen LogP contribution < -0.4 is 5.73 Å². The van der Waals surface area contributed by atoms with Crippen LogP contribution in [0.1, 0.15) is 37.4 Å². The molecule has 1 heterocycles. The molecule has 15 heavy (non-hydrogen) atoms. The molecule has 0 fully saturated rings. The number of carbonyl (C=O) groups is 1. The van der Waals surface area contributed by atoms with Crippen LogP contribution in [-0.4, -0.2) is 10.9 Å². The molecule has 0 aliphatic heterocycles. The first kappa shape index (κ1) is 10.1. The summed E-state index contributed by atoms with van der Waals surface area (Å²) < 4.78 is 0. The molecule has 0 bridgehead atoms. The molecule has 2 rings (SSSR count). The second kappa shape index (κ2) is 3.65. The predicted octanol–water partition coefficient (Wildman–Crippen LogP) is 1.55. The third kappa shape index (κ3) is 1.87. The van der Waals surface area contributed by atoms with E-state index in [1.54, 1.807) is 6.20 Å². The highest BCUT2D eigenvalue weighted by atomic mass is 16.1. The van der Waals surface area contributed by atoms with Crippen molar-refractivity contribution in [2.45, 2.75) is 38.0 Å². The molecule has 1 aliphatic rings. The molecule has 80 valence electrons. The number of primary amides is 1. The first-order valence-electron chi connectivity index (χ1n) is 5.34. The summed E-state index contributed by atoms with van der Waals surface area (Å²) in [5, 5.41) is 0. The fourth-order valence-corrected chi connectivity index (χ4v) is 2.53. The normalized spacial score (nSPS) is 24.6. The number of fused-ring (bicyclic) bond motifs is 1. The molecular formula is C12H16N2O. The van der Waals surface area contributed by atoms with E-state index >= 15 is 0 Å². The Bertz CT molecular complexity index is 389. The SMILES string of the molecule is CC1(CC(N)=O)CCCc2cccnc21. The van der Waals surface area contributed by atoms with Gasteiger partial charge in [-0.1, -0.05) is 13.0 Å². The summed E-state index contributed by atoms with van der Waals surface area (Å²) in [5.74, 6) is -0.240. The molecule has 3 heteroatoms. The minimum Gasteiger partial charge on any atom is -0.370 e. The molecule has 1 aromatic heterocycles. The van der Waals surface area contributed by atoms with Crippen LogP contribution in [0.25, 0.3) is 0 Å². The Hall–Kier alpha value is -1.38. The van der Waals surface area contributed by atoms with Crippen LogP contribution in [0, 0.1) is 0 Å². The van der Waals surface area contributed by atoms with Crippen LogP contribution >= 0.6 is 0 Å². The highest BCUT2D eigenvalue weighted by molar-refractivity contribution is 5.75. The summed E-state index contributed by atoms with van der Waals surface area (Å²) in [6, 6.07) is 4.05. The van der Waals surface area contributed by atoms with Gasteiger partial charge in [-0.3, -0.25) is 9.78 Å². The van der Waals surface area contributed by atoms with Gasteiger partial charge in [0.2, 0.25) is 5.91 Å². The van der Waals surface area contributed by atoms with Gasteiger partial charge in [0.05, 0.1) is 0 Å². The van der Waals surface area contributed by atoms with Gasteiger partial charge in [-0.2, -0.15) is 0 Å². The van der Waals surface area contributed by atoms with Crippen LogP contribution in [0.2, 0.25) is 0 Å². The van der Waals surface area contributed by atoms with E-state index in [4.69, 9.17) is 5.73 Å². The summed E-state index contributed by atoms with van der Waals surface area (Å²) in [4.78, 5) is 15.5. The number of hydrogen-bond donors (Lipinski definition) is 1. The van der Waals surface area contributed by atoms with E-state index in [0.29, 0.717) is 6.42 Å². The number of hydrogen-bond acceptors (Lipinski definition) is 2. The highest BCUT2D eigenvalue weighted by Gasteiger charge is 2.34. The molecule has 0 aromatic carbocycles. The van der Waals surface area contributed by atoms with Crippen LogP contribution in [0.3, 0.4) is 0 Å². The zero-order valence-electron chi connectivity index (χ0n) is 8.99. The Labute approximate surface area is 89.7 Å². The van der Waals surface area contributed by atoms with Gasteiger partial charge in [-0.05, 0) is 30.9 Å². The summed E-state index contributed by atoms with van der Waals surface area (Å²) >= 11 is 0. The topological polar surface area (TPSA) is 56.0 Å². The third-order valence-electron chi connectivity index (χ3n) is 3.20. The summed E-state index contributed by atoms with van der Waals surface area (Å²) in [5.41, 5.74) is 7.48. The maximum absolute atomic E-state index is 11.1. The maximum Gasteiger partial charge on any atom is 0.218 e. The highest BCUT2D eigenvalue weighted by Crippen LogP contribution is 2.37. The second-order valence-electron chi connectivity index (χ2n) is 4.57. The summed E-state index contributed by atoms with van der Waals surface area (Å²) in [6.45, 7) is 2.09. The molecule has 0 radical (unpaired) electrons. The lowest BCUT2D eigenvalue weighted by molar-refractivity contribution is -0.119.